The molecule has 0 aromatic heterocycles. The Hall–Kier alpha value is -1.24. The number of sulfonamides is 1. The average molecular weight is 322 g/mol. The van der Waals surface area contributed by atoms with E-state index in [1.807, 2.05) is 0 Å². The summed E-state index contributed by atoms with van der Waals surface area (Å²) in [6.07, 6.45) is 4.32. The second-order valence-corrected chi connectivity index (χ2v) is 7.91. The highest BCUT2D eigenvalue weighted by Gasteiger charge is 2.37. The van der Waals surface area contributed by atoms with Crippen LogP contribution in [-0.4, -0.2) is 44.3 Å². The number of rotatable bonds is 4. The van der Waals surface area contributed by atoms with Gasteiger partial charge in [0.1, 0.15) is 0 Å². The fraction of sp³-hybridized carbons (Fsp3) is 0.562. The summed E-state index contributed by atoms with van der Waals surface area (Å²) in [5.41, 5.74) is 0.526. The van der Waals surface area contributed by atoms with Crippen LogP contribution in [0.3, 0.4) is 0 Å². The van der Waals surface area contributed by atoms with Crippen molar-refractivity contribution < 1.29 is 13.2 Å². The first-order valence-corrected chi connectivity index (χ1v) is 9.33. The van der Waals surface area contributed by atoms with E-state index in [2.05, 4.69) is 9.62 Å². The number of carbonyl (C=O) groups is 1. The molecule has 120 valence electrons. The molecule has 2 atom stereocenters. The van der Waals surface area contributed by atoms with Gasteiger partial charge in [-0.05, 0) is 44.9 Å². The third-order valence-corrected chi connectivity index (χ3v) is 6.24. The van der Waals surface area contributed by atoms with Crippen LogP contribution in [-0.2, 0) is 10.0 Å². The molecule has 1 aromatic rings. The van der Waals surface area contributed by atoms with E-state index in [1.165, 1.54) is 31.9 Å². The highest BCUT2D eigenvalue weighted by atomic mass is 32.2. The number of Topliss-reactive ketones (excluding diaryl/α,β-unsaturated/α-hetero) is 1. The summed E-state index contributed by atoms with van der Waals surface area (Å²) in [4.78, 5) is 13.9. The van der Waals surface area contributed by atoms with Crippen molar-refractivity contribution in [1.82, 2.24) is 9.62 Å². The van der Waals surface area contributed by atoms with Crippen LogP contribution in [0.4, 0.5) is 0 Å². The first-order chi connectivity index (χ1) is 10.5. The Labute approximate surface area is 131 Å². The third kappa shape index (κ3) is 3.09. The fourth-order valence-electron chi connectivity index (χ4n) is 3.52. The van der Waals surface area contributed by atoms with Gasteiger partial charge in [-0.2, -0.15) is 0 Å². The molecule has 2 fully saturated rings. The molecule has 22 heavy (non-hydrogen) atoms. The molecule has 2 saturated heterocycles. The summed E-state index contributed by atoms with van der Waals surface area (Å²) >= 11 is 0. The highest BCUT2D eigenvalue weighted by Crippen LogP contribution is 2.28. The van der Waals surface area contributed by atoms with E-state index in [-0.39, 0.29) is 16.7 Å². The van der Waals surface area contributed by atoms with Gasteiger partial charge >= 0.3 is 0 Å². The Balaban J connectivity index is 1.74. The Bertz CT molecular complexity index is 654. The maximum Gasteiger partial charge on any atom is 0.240 e. The molecule has 0 radical (unpaired) electrons. The number of hydrogen-bond donors (Lipinski definition) is 1. The maximum absolute atomic E-state index is 12.5. The van der Waals surface area contributed by atoms with Crippen molar-refractivity contribution in [2.45, 2.75) is 49.6 Å². The zero-order valence-electron chi connectivity index (χ0n) is 12.8. The van der Waals surface area contributed by atoms with Gasteiger partial charge in [0.15, 0.2) is 5.78 Å². The van der Waals surface area contributed by atoms with Gasteiger partial charge in [0.25, 0.3) is 0 Å². The van der Waals surface area contributed by atoms with E-state index in [4.69, 9.17) is 0 Å². The smallest absolute Gasteiger partial charge is 0.240 e. The normalized spacial score (nSPS) is 25.9. The minimum Gasteiger partial charge on any atom is -0.299 e. The summed E-state index contributed by atoms with van der Waals surface area (Å²) < 4.78 is 27.9. The Kier molecular flexibility index (Phi) is 4.34. The van der Waals surface area contributed by atoms with Crippen LogP contribution in [0.2, 0.25) is 0 Å². The number of fused-ring (bicyclic) bond motifs is 1. The first-order valence-electron chi connectivity index (χ1n) is 7.85. The average Bonchev–Trinajstić information content (AvgIpc) is 2.90. The van der Waals surface area contributed by atoms with Crippen LogP contribution in [0.1, 0.15) is 43.0 Å². The molecule has 1 N–H and O–H groups in total. The molecule has 1 aromatic carbocycles. The Morgan fingerprint density at radius 2 is 1.86 bits per heavy atom. The number of nitrogens with one attached hydrogen (secondary N) is 1. The number of carbonyl (C=O) groups excluding carboxylic acids is 1. The summed E-state index contributed by atoms with van der Waals surface area (Å²) in [7, 11) is -3.52. The quantitative estimate of drug-likeness (QED) is 0.858. The SMILES string of the molecule is CC(=O)c1ccc(S(=O)(=O)N[C@@H]2CCN3CCCC[C@@H]23)cc1. The minimum absolute atomic E-state index is 0.00205. The summed E-state index contributed by atoms with van der Waals surface area (Å²) in [6, 6.07) is 6.48. The van der Waals surface area contributed by atoms with Gasteiger partial charge in [-0.25, -0.2) is 13.1 Å². The van der Waals surface area contributed by atoms with E-state index in [0.29, 0.717) is 11.6 Å². The van der Waals surface area contributed by atoms with Crippen molar-refractivity contribution in [3.05, 3.63) is 29.8 Å². The van der Waals surface area contributed by atoms with Crippen LogP contribution < -0.4 is 4.72 Å². The van der Waals surface area contributed by atoms with Gasteiger partial charge < -0.3 is 0 Å². The third-order valence-electron chi connectivity index (χ3n) is 4.73. The van der Waals surface area contributed by atoms with Gasteiger partial charge in [-0.1, -0.05) is 18.6 Å². The van der Waals surface area contributed by atoms with E-state index < -0.39 is 10.0 Å². The van der Waals surface area contributed by atoms with Gasteiger partial charge in [0.05, 0.1) is 4.90 Å². The van der Waals surface area contributed by atoms with Gasteiger partial charge in [0, 0.05) is 24.2 Å². The zero-order valence-corrected chi connectivity index (χ0v) is 13.6. The van der Waals surface area contributed by atoms with Crippen LogP contribution in [0, 0.1) is 0 Å². The largest absolute Gasteiger partial charge is 0.299 e. The predicted molar refractivity (Wildman–Crippen MR) is 84.4 cm³/mol. The second kappa shape index (κ2) is 6.10. The molecular weight excluding hydrogens is 300 g/mol. The number of piperidine rings is 1. The van der Waals surface area contributed by atoms with E-state index in [9.17, 15) is 13.2 Å². The number of hydrogen-bond acceptors (Lipinski definition) is 4. The van der Waals surface area contributed by atoms with Crippen LogP contribution in [0.5, 0.6) is 0 Å². The zero-order chi connectivity index (χ0) is 15.7. The molecule has 3 rings (SSSR count). The lowest BCUT2D eigenvalue weighted by atomic mass is 10.00. The molecule has 0 aliphatic carbocycles. The molecule has 0 unspecified atom stereocenters. The molecule has 2 aliphatic heterocycles. The lowest BCUT2D eigenvalue weighted by molar-refractivity contribution is 0.101. The van der Waals surface area contributed by atoms with Gasteiger partial charge in [-0.15, -0.1) is 0 Å². The molecule has 2 aliphatic rings. The molecule has 0 saturated carbocycles. The van der Waals surface area contributed by atoms with Crippen LogP contribution in [0.15, 0.2) is 29.2 Å². The van der Waals surface area contributed by atoms with Crippen molar-refractivity contribution in [1.29, 1.82) is 0 Å². The number of benzene rings is 1. The monoisotopic (exact) mass is 322 g/mol. The summed E-state index contributed by atoms with van der Waals surface area (Å²) in [5, 5.41) is 0. The predicted octanol–water partition coefficient (Wildman–Crippen LogP) is 1.79. The first kappa shape index (κ1) is 15.6. The highest BCUT2D eigenvalue weighted by molar-refractivity contribution is 7.89. The van der Waals surface area contributed by atoms with Gasteiger partial charge in [-0.3, -0.25) is 9.69 Å². The van der Waals surface area contributed by atoms with Crippen molar-refractivity contribution in [3.63, 3.8) is 0 Å². The maximum atomic E-state index is 12.5. The summed E-state index contributed by atoms with van der Waals surface area (Å²) in [6.45, 7) is 3.52. The van der Waals surface area contributed by atoms with E-state index >= 15 is 0 Å². The Morgan fingerprint density at radius 1 is 1.14 bits per heavy atom. The molecule has 0 bridgehead atoms. The van der Waals surface area contributed by atoms with Crippen LogP contribution >= 0.6 is 0 Å². The van der Waals surface area contributed by atoms with Crippen molar-refractivity contribution in [2.24, 2.45) is 0 Å². The van der Waals surface area contributed by atoms with E-state index in [1.54, 1.807) is 12.1 Å². The second-order valence-electron chi connectivity index (χ2n) is 6.20. The molecular formula is C16H22N2O3S. The number of nitrogens with zero attached hydrogens (tertiary/aromatic N) is 1. The Morgan fingerprint density at radius 3 is 2.55 bits per heavy atom. The van der Waals surface area contributed by atoms with Gasteiger partial charge in [0.2, 0.25) is 10.0 Å². The summed E-state index contributed by atoms with van der Waals surface area (Å²) in [5.74, 6) is -0.0643. The topological polar surface area (TPSA) is 66.5 Å². The molecule has 0 spiro atoms. The van der Waals surface area contributed by atoms with Crippen molar-refractivity contribution in [3.8, 4) is 0 Å². The van der Waals surface area contributed by atoms with E-state index in [0.717, 1.165) is 25.9 Å². The standard InChI is InChI=1S/C16H22N2O3S/c1-12(19)13-5-7-14(8-6-13)22(20,21)17-15-9-11-18-10-3-2-4-16(15)18/h5-8,15-17H,2-4,9-11H2,1H3/t15-,16+/m1/s1. The lowest BCUT2D eigenvalue weighted by Gasteiger charge is -2.32. The minimum atomic E-state index is -3.52. The number of ketones is 1. The molecule has 2 heterocycles. The van der Waals surface area contributed by atoms with Crippen molar-refractivity contribution in [2.75, 3.05) is 13.1 Å². The molecule has 6 heteroatoms. The fourth-order valence-corrected chi connectivity index (χ4v) is 4.82. The molecule has 5 nitrogen and oxygen atoms in total. The lowest BCUT2D eigenvalue weighted by Crippen LogP contribution is -2.46. The molecule has 0 amide bonds. The van der Waals surface area contributed by atoms with Crippen LogP contribution in [0.25, 0.3) is 0 Å². The van der Waals surface area contributed by atoms with Crippen molar-refractivity contribution >= 4 is 15.8 Å².